The molecule has 4 N–H and O–H groups in total. The van der Waals surface area contributed by atoms with Crippen LogP contribution in [0.3, 0.4) is 0 Å². The number of nitrogens with one attached hydrogen (secondary N) is 1. The average molecular weight is 354 g/mol. The fraction of sp³-hybridized carbons (Fsp3) is 0.529. The lowest BCUT2D eigenvalue weighted by Gasteiger charge is -2.20. The number of carbonyl (C=O) groups is 4. The van der Waals surface area contributed by atoms with Gasteiger partial charge in [0.2, 0.25) is 0 Å². The van der Waals surface area contributed by atoms with E-state index in [1.807, 2.05) is 0 Å². The SMILES string of the molecule is C=C(C)C(=O)CCC[C@H]([NH3+])C(=O)N[C@@H](CCOC(=O)C(=C)C)C(=O)[O-]. The van der Waals surface area contributed by atoms with Gasteiger partial charge < -0.3 is 25.7 Å². The quantitative estimate of drug-likeness (QED) is 0.328. The topological polar surface area (TPSA) is 140 Å². The summed E-state index contributed by atoms with van der Waals surface area (Å²) in [4.78, 5) is 45.7. The van der Waals surface area contributed by atoms with Gasteiger partial charge in [-0.2, -0.15) is 0 Å². The lowest BCUT2D eigenvalue weighted by atomic mass is 10.0. The molecule has 25 heavy (non-hydrogen) atoms. The number of Topliss-reactive ketones (excluding diaryl/α,β-unsaturated/α-hetero) is 1. The number of allylic oxidation sites excluding steroid dienone is 1. The van der Waals surface area contributed by atoms with Crippen molar-refractivity contribution >= 4 is 23.6 Å². The van der Waals surface area contributed by atoms with E-state index in [9.17, 15) is 24.3 Å². The highest BCUT2D eigenvalue weighted by molar-refractivity contribution is 5.94. The van der Waals surface area contributed by atoms with Crippen molar-refractivity contribution in [2.24, 2.45) is 0 Å². The van der Waals surface area contributed by atoms with Crippen molar-refractivity contribution in [1.29, 1.82) is 0 Å². The van der Waals surface area contributed by atoms with Crippen molar-refractivity contribution in [2.45, 2.75) is 51.6 Å². The van der Waals surface area contributed by atoms with Gasteiger partial charge >= 0.3 is 5.97 Å². The molecule has 8 nitrogen and oxygen atoms in total. The first-order chi connectivity index (χ1) is 11.6. The third kappa shape index (κ3) is 9.41. The molecule has 0 aliphatic carbocycles. The minimum atomic E-state index is -1.48. The number of esters is 1. The van der Waals surface area contributed by atoms with Crippen molar-refractivity contribution in [3.8, 4) is 0 Å². The van der Waals surface area contributed by atoms with Crippen LogP contribution in [0.25, 0.3) is 0 Å². The molecule has 0 unspecified atom stereocenters. The molecular formula is C17H26N2O6. The first kappa shape index (κ1) is 22.5. The molecule has 0 spiro atoms. The molecule has 0 aromatic carbocycles. The average Bonchev–Trinajstić information content (AvgIpc) is 2.52. The maximum absolute atomic E-state index is 12.0. The molecule has 0 bridgehead atoms. The van der Waals surface area contributed by atoms with Crippen molar-refractivity contribution in [3.63, 3.8) is 0 Å². The number of ether oxygens (including phenoxy) is 1. The molecule has 2 atom stereocenters. The minimum absolute atomic E-state index is 0.0838. The Balaban J connectivity index is 4.36. The molecule has 0 saturated carbocycles. The number of carboxylic acid groups (broad SMARTS) is 1. The first-order valence-electron chi connectivity index (χ1n) is 7.91. The summed E-state index contributed by atoms with van der Waals surface area (Å²) in [7, 11) is 0. The second kappa shape index (κ2) is 11.1. The smallest absolute Gasteiger partial charge is 0.333 e. The molecule has 0 aromatic heterocycles. The van der Waals surface area contributed by atoms with Crippen LogP contribution in [0.4, 0.5) is 0 Å². The Hall–Kier alpha value is -2.48. The number of carbonyl (C=O) groups excluding carboxylic acids is 4. The highest BCUT2D eigenvalue weighted by atomic mass is 16.5. The van der Waals surface area contributed by atoms with Gasteiger partial charge in [-0.1, -0.05) is 13.2 Å². The number of ketones is 1. The number of hydrogen-bond acceptors (Lipinski definition) is 6. The fourth-order valence-corrected chi connectivity index (χ4v) is 1.78. The van der Waals surface area contributed by atoms with E-state index >= 15 is 0 Å². The predicted octanol–water partition coefficient (Wildman–Crippen LogP) is -1.34. The first-order valence-corrected chi connectivity index (χ1v) is 7.91. The third-order valence-corrected chi connectivity index (χ3v) is 3.39. The fourth-order valence-electron chi connectivity index (χ4n) is 1.78. The molecule has 8 heteroatoms. The maximum atomic E-state index is 12.0. The zero-order valence-electron chi connectivity index (χ0n) is 14.8. The Bertz CT molecular complexity index is 555. The van der Waals surface area contributed by atoms with E-state index in [4.69, 9.17) is 4.74 Å². The van der Waals surface area contributed by atoms with Gasteiger partial charge in [0.05, 0.1) is 18.6 Å². The standard InChI is InChI=1S/C17H26N2O6/c1-10(2)14(20)7-5-6-12(18)15(21)19-13(16(22)23)8-9-25-17(24)11(3)4/h12-13H,1,3,5-9,18H2,2,4H3,(H,19,21)(H,22,23)/t12-,13-/m0/s1. The Morgan fingerprint density at radius 2 is 1.72 bits per heavy atom. The van der Waals surface area contributed by atoms with E-state index in [1.54, 1.807) is 6.92 Å². The van der Waals surface area contributed by atoms with Crippen LogP contribution in [0.5, 0.6) is 0 Å². The summed E-state index contributed by atoms with van der Waals surface area (Å²) in [5.41, 5.74) is 4.31. The van der Waals surface area contributed by atoms with Gasteiger partial charge in [0.1, 0.15) is 0 Å². The van der Waals surface area contributed by atoms with Crippen molar-refractivity contribution in [1.82, 2.24) is 5.32 Å². The molecule has 0 aliphatic rings. The van der Waals surface area contributed by atoms with E-state index < -0.39 is 29.9 Å². The van der Waals surface area contributed by atoms with Gasteiger partial charge in [-0.15, -0.1) is 0 Å². The minimum Gasteiger partial charge on any atom is -0.548 e. The zero-order chi connectivity index (χ0) is 19.6. The van der Waals surface area contributed by atoms with Gasteiger partial charge in [-0.05, 0) is 25.8 Å². The predicted molar refractivity (Wildman–Crippen MR) is 87.7 cm³/mol. The Labute approximate surface area is 147 Å². The summed E-state index contributed by atoms with van der Waals surface area (Å²) in [5.74, 6) is -2.77. The van der Waals surface area contributed by atoms with Gasteiger partial charge in [0.15, 0.2) is 11.8 Å². The molecule has 0 saturated heterocycles. The molecular weight excluding hydrogens is 328 g/mol. The molecule has 0 rings (SSSR count). The van der Waals surface area contributed by atoms with E-state index in [1.165, 1.54) is 6.92 Å². The van der Waals surface area contributed by atoms with E-state index in [0.29, 0.717) is 18.4 Å². The summed E-state index contributed by atoms with van der Waals surface area (Å²) < 4.78 is 4.80. The molecule has 0 aliphatic heterocycles. The maximum Gasteiger partial charge on any atom is 0.333 e. The number of hydrogen-bond donors (Lipinski definition) is 2. The van der Waals surface area contributed by atoms with Crippen molar-refractivity contribution in [3.05, 3.63) is 24.3 Å². The Kier molecular flexibility index (Phi) is 10.0. The number of amides is 1. The van der Waals surface area contributed by atoms with Crippen molar-refractivity contribution < 1.29 is 34.8 Å². The van der Waals surface area contributed by atoms with E-state index in [-0.39, 0.29) is 30.8 Å². The number of rotatable bonds is 12. The molecule has 1 amide bonds. The highest BCUT2D eigenvalue weighted by Crippen LogP contribution is 2.04. The number of carboxylic acids is 1. The monoisotopic (exact) mass is 354 g/mol. The number of aliphatic carboxylic acids is 1. The second-order valence-corrected chi connectivity index (χ2v) is 5.88. The molecule has 140 valence electrons. The Morgan fingerprint density at radius 3 is 2.20 bits per heavy atom. The van der Waals surface area contributed by atoms with E-state index in [2.05, 4.69) is 24.2 Å². The number of quaternary nitrogens is 1. The van der Waals surface area contributed by atoms with Crippen LogP contribution in [0, 0.1) is 0 Å². The molecule has 0 aromatic rings. The lowest BCUT2D eigenvalue weighted by molar-refractivity contribution is -0.405. The molecule has 0 fully saturated rings. The van der Waals surface area contributed by atoms with Crippen LogP contribution in [-0.2, 0) is 23.9 Å². The van der Waals surface area contributed by atoms with Gasteiger partial charge in [0, 0.05) is 24.8 Å². The Morgan fingerprint density at radius 1 is 1.12 bits per heavy atom. The third-order valence-electron chi connectivity index (χ3n) is 3.39. The van der Waals surface area contributed by atoms with Crippen molar-refractivity contribution in [2.75, 3.05) is 6.61 Å². The van der Waals surface area contributed by atoms with Crippen LogP contribution in [0.2, 0.25) is 0 Å². The summed E-state index contributed by atoms with van der Waals surface area (Å²) >= 11 is 0. The molecule has 0 heterocycles. The van der Waals surface area contributed by atoms with Crippen LogP contribution < -0.4 is 16.2 Å². The van der Waals surface area contributed by atoms with E-state index in [0.717, 1.165) is 0 Å². The van der Waals surface area contributed by atoms with Gasteiger partial charge in [-0.3, -0.25) is 9.59 Å². The van der Waals surface area contributed by atoms with Crippen LogP contribution >= 0.6 is 0 Å². The lowest BCUT2D eigenvalue weighted by Crippen LogP contribution is -2.69. The van der Waals surface area contributed by atoms with Crippen LogP contribution in [-0.4, -0.2) is 42.3 Å². The second-order valence-electron chi connectivity index (χ2n) is 5.88. The zero-order valence-corrected chi connectivity index (χ0v) is 14.8. The summed E-state index contributed by atoms with van der Waals surface area (Å²) in [6.45, 7) is 9.82. The summed E-state index contributed by atoms with van der Waals surface area (Å²) in [6, 6.07) is -2.01. The van der Waals surface area contributed by atoms with Crippen LogP contribution in [0.1, 0.15) is 39.5 Å². The van der Waals surface area contributed by atoms with Gasteiger partial charge in [0.25, 0.3) is 5.91 Å². The summed E-state index contributed by atoms with van der Waals surface area (Å²) in [6.07, 6.45) is 0.901. The summed E-state index contributed by atoms with van der Waals surface area (Å²) in [5, 5.41) is 13.4. The highest BCUT2D eigenvalue weighted by Gasteiger charge is 2.22. The van der Waals surface area contributed by atoms with Gasteiger partial charge in [-0.25, -0.2) is 4.79 Å². The largest absolute Gasteiger partial charge is 0.548 e. The normalized spacial score (nSPS) is 12.6. The van der Waals surface area contributed by atoms with Crippen LogP contribution in [0.15, 0.2) is 24.3 Å². The molecule has 0 radical (unpaired) electrons.